The highest BCUT2D eigenvalue weighted by Crippen LogP contribution is 2.63. The molecule has 6 saturated heterocycles. The highest BCUT2D eigenvalue weighted by Gasteiger charge is 2.63. The van der Waals surface area contributed by atoms with Crippen LogP contribution in [0, 0.1) is 118 Å². The zero-order valence-corrected chi connectivity index (χ0v) is 78.9. The van der Waals surface area contributed by atoms with E-state index in [1.165, 1.54) is 77.0 Å². The van der Waals surface area contributed by atoms with Gasteiger partial charge >= 0.3 is 48.7 Å². The number of carbonyl (C=O) groups excluding carboxylic acids is 10. The van der Waals surface area contributed by atoms with Crippen molar-refractivity contribution in [2.24, 2.45) is 123 Å². The summed E-state index contributed by atoms with van der Waals surface area (Å²) < 4.78 is 46.9. The van der Waals surface area contributed by atoms with Gasteiger partial charge in [0, 0.05) is 70.8 Å². The maximum Gasteiger partial charge on any atom is 0.410 e. The summed E-state index contributed by atoms with van der Waals surface area (Å²) in [7, 11) is 0. The van der Waals surface area contributed by atoms with Crippen LogP contribution in [0.2, 0.25) is 0 Å². The normalized spacial score (nSPS) is 37.9. The third-order valence-corrected chi connectivity index (χ3v) is 33.6. The van der Waals surface area contributed by atoms with Crippen molar-refractivity contribution in [3.8, 4) is 0 Å². The van der Waals surface area contributed by atoms with E-state index in [-0.39, 0.29) is 141 Å². The average molecular weight is 1820 g/mol. The standard InChI is InChI=1S/C28H40N4O5.C25H39N3O5.2C23H36N2O4.2CH4/c1-17-9-18(5-7-30-17)13-28(31-24(34)37-26(2,3)4)6-8-32(16-28)25(35)36-22-20-10-19-11-21(22)15-27(12-19,14-20)23(29)33;1-24(2,3)33-22(30)27-18-6-7-28(19(18)10-14-4-5-14)23(31)32-20-16-8-15-9-17(20)13-25(11-15,12-16)21(26)29;2*1-23(2,3)29-22(27)25-6-4-5-16-12-24(13-19(16)25)21(26)28-20-17-8-14-7-15(10-17)11-18(20)9-14;;/h5,7,9,19-22H,6,8,10-16H2,1-4H3,(H2,29,33)(H,31,34);14-20H,4-13H2,1-3H3,(H2,26,29)(H,27,30);2*14-20H,4-13H2,1-3H3;2*1H4/t19?,20?,21?,22?,27?,28-;15?,16?,17?,18-,19+,20?,25?;14?,15?,16-,17?,18?,19+,20?;14?,15?,16-,17?,18?,19-,20?;;/m0110../s1. The van der Waals surface area contributed by atoms with E-state index in [1.807, 2.05) is 127 Å². The molecule has 16 bridgehead atoms. The number of fused-ring (bicyclic) bond motifs is 2. The van der Waals surface area contributed by atoms with Crippen molar-refractivity contribution in [1.29, 1.82) is 0 Å². The van der Waals surface area contributed by atoms with Gasteiger partial charge in [-0.3, -0.25) is 14.6 Å². The third kappa shape index (κ3) is 21.6. The fraction of sp³-hybridized carbons (Fsp3) is 0.851. The Morgan fingerprint density at radius 1 is 0.423 bits per heavy atom. The van der Waals surface area contributed by atoms with Crippen LogP contribution >= 0.6 is 0 Å². The summed E-state index contributed by atoms with van der Waals surface area (Å²) in [4.78, 5) is 143. The van der Waals surface area contributed by atoms with E-state index in [0.29, 0.717) is 131 Å². The fourth-order valence-electron chi connectivity index (χ4n) is 29.2. The molecule has 7 heterocycles. The molecule has 1 aromatic rings. The van der Waals surface area contributed by atoms with Crippen LogP contribution in [-0.2, 0) is 53.9 Å². The largest absolute Gasteiger partial charge is 0.446 e. The number of aryl methyl sites for hydroxylation is 1. The first kappa shape index (κ1) is 96.8. The van der Waals surface area contributed by atoms with Crippen LogP contribution in [0.3, 0.4) is 0 Å². The Morgan fingerprint density at radius 3 is 1.22 bits per heavy atom. The Hall–Kier alpha value is -7.75. The molecule has 0 radical (unpaired) electrons. The van der Waals surface area contributed by atoms with Gasteiger partial charge in [0.25, 0.3) is 0 Å². The van der Waals surface area contributed by atoms with E-state index in [0.717, 1.165) is 131 Å². The predicted octanol–water partition coefficient (Wildman–Crippen LogP) is 17.1. The van der Waals surface area contributed by atoms with Crippen LogP contribution < -0.4 is 22.1 Å². The van der Waals surface area contributed by atoms with Gasteiger partial charge < -0.3 is 89.4 Å². The second kappa shape index (κ2) is 37.5. The summed E-state index contributed by atoms with van der Waals surface area (Å²) in [6.07, 6.45) is 30.2. The topological polar surface area (TPSA) is 353 Å². The molecule has 17 saturated carbocycles. The number of rotatable bonds is 12. The smallest absolute Gasteiger partial charge is 0.410 e. The van der Waals surface area contributed by atoms with Crippen LogP contribution in [0.15, 0.2) is 18.3 Å². The van der Waals surface area contributed by atoms with Crippen molar-refractivity contribution in [2.45, 2.75) is 374 Å². The number of likely N-dealkylation sites (tertiary alicyclic amines) is 6. The van der Waals surface area contributed by atoms with Gasteiger partial charge in [0.15, 0.2) is 0 Å². The van der Waals surface area contributed by atoms with Gasteiger partial charge in [-0.25, -0.2) is 38.4 Å². The molecule has 6 N–H and O–H groups in total. The minimum Gasteiger partial charge on any atom is -0.446 e. The number of hydrogen-bond donors (Lipinski definition) is 4. The number of ether oxygens (including phenoxy) is 8. The van der Waals surface area contributed by atoms with Gasteiger partial charge in [0.1, 0.15) is 46.8 Å². The molecule has 29 nitrogen and oxygen atoms in total. The summed E-state index contributed by atoms with van der Waals surface area (Å²) in [5.41, 5.74) is 9.90. The monoisotopic (exact) mass is 1810 g/mol. The van der Waals surface area contributed by atoms with E-state index < -0.39 is 45.5 Å². The van der Waals surface area contributed by atoms with Crippen LogP contribution in [-0.4, -0.2) is 230 Å². The van der Waals surface area contributed by atoms with Crippen molar-refractivity contribution in [3.63, 3.8) is 0 Å². The second-order valence-electron chi connectivity index (χ2n) is 48.1. The van der Waals surface area contributed by atoms with Crippen molar-refractivity contribution < 1.29 is 85.8 Å². The average Bonchev–Trinajstić information content (AvgIpc) is 1.09. The zero-order valence-electron chi connectivity index (χ0n) is 78.9. The number of primary amides is 2. The third-order valence-electron chi connectivity index (χ3n) is 33.6. The van der Waals surface area contributed by atoms with E-state index >= 15 is 0 Å². The molecule has 4 unspecified atom stereocenters. The predicted molar refractivity (Wildman–Crippen MR) is 488 cm³/mol. The second-order valence-corrected chi connectivity index (χ2v) is 48.1. The fourth-order valence-corrected chi connectivity index (χ4v) is 29.2. The van der Waals surface area contributed by atoms with Crippen LogP contribution in [0.25, 0.3) is 0 Å². The number of nitrogens with one attached hydrogen (secondary N) is 2. The summed E-state index contributed by atoms with van der Waals surface area (Å²) in [5, 5.41) is 6.11. The first-order valence-corrected chi connectivity index (χ1v) is 49.8. The number of carbonyl (C=O) groups is 10. The van der Waals surface area contributed by atoms with Gasteiger partial charge in [-0.1, -0.05) is 27.7 Å². The van der Waals surface area contributed by atoms with Gasteiger partial charge in [-0.05, 0) is 388 Å². The Labute approximate surface area is 772 Å². The zero-order chi connectivity index (χ0) is 90.8. The maximum atomic E-state index is 13.4. The van der Waals surface area contributed by atoms with Gasteiger partial charge in [-0.2, -0.15) is 0 Å². The molecule has 23 aliphatic rings. The molecule has 1 aromatic heterocycles. The molecular weight excluding hydrogens is 1660 g/mol. The quantitative estimate of drug-likeness (QED) is 0.141. The molecule has 11 atom stereocenters. The molecule has 0 aromatic carbocycles. The molecule has 6 aliphatic heterocycles. The van der Waals surface area contributed by atoms with E-state index in [2.05, 4.69) is 15.6 Å². The van der Waals surface area contributed by atoms with Gasteiger partial charge in [-0.15, -0.1) is 0 Å². The lowest BCUT2D eigenvalue weighted by molar-refractivity contribution is -0.162. The number of alkyl carbamates (subject to hydrolysis) is 2. The van der Waals surface area contributed by atoms with Crippen LogP contribution in [0.1, 0.15) is 295 Å². The van der Waals surface area contributed by atoms with Crippen LogP contribution in [0.4, 0.5) is 38.4 Å². The first-order valence-electron chi connectivity index (χ1n) is 49.8. The number of nitrogens with two attached hydrogens (primary N) is 2. The molecule has 23 fully saturated rings. The number of pyridine rings is 1. The Morgan fingerprint density at radius 2 is 0.815 bits per heavy atom. The molecule has 10 amide bonds. The minimum absolute atomic E-state index is 0. The molecule has 17 aliphatic carbocycles. The Balaban J connectivity index is 0.000000133. The lowest BCUT2D eigenvalue weighted by atomic mass is 9.48. The highest BCUT2D eigenvalue weighted by molar-refractivity contribution is 5.82. The summed E-state index contributed by atoms with van der Waals surface area (Å²) >= 11 is 0. The number of aromatic nitrogens is 1. The summed E-state index contributed by atoms with van der Waals surface area (Å²) in [6, 6.07) is 3.88. The molecule has 24 rings (SSSR count). The lowest BCUT2D eigenvalue weighted by Crippen LogP contribution is -2.59. The van der Waals surface area contributed by atoms with Crippen molar-refractivity contribution in [2.75, 3.05) is 58.9 Å². The molecule has 726 valence electrons. The molecule has 29 heteroatoms. The maximum absolute atomic E-state index is 13.4. The van der Waals surface area contributed by atoms with Crippen LogP contribution in [0.5, 0.6) is 0 Å². The molecule has 0 spiro atoms. The number of nitrogens with zero attached hydrogens (tertiary/aromatic N) is 7. The SMILES string of the molecule is C.C.CC(C)(C)OC(=O)N1CCC[C@@H]2CN(C(=O)OC3C4CC5CC(C4)CC3C5)C[C@@H]21.CC(C)(C)OC(=O)N1CCC[C@H]2CN(C(=O)OC3C4CC5CC(C4)CC3C5)C[C@@H]21.CC(C)(C)OC(=O)N[C@@H]1CCN(C(=O)OC2C3CC4CC2CC(C(N)=O)(C4)C3)[C@H]1CC1CC1.Cc1cc(C[C@@]2(NC(=O)OC(C)(C)C)CCN(C(=O)OC3C4CC5CC3CC(C(N)=O)(C5)C4)C2)ccn1. The summed E-state index contributed by atoms with van der Waals surface area (Å²) in [6.45, 7) is 29.8. The van der Waals surface area contributed by atoms with Crippen molar-refractivity contribution >= 4 is 60.6 Å². The number of piperidine rings is 2. The highest BCUT2D eigenvalue weighted by atomic mass is 16.6. The minimum atomic E-state index is -0.671. The van der Waals surface area contributed by atoms with Crippen molar-refractivity contribution in [3.05, 3.63) is 29.6 Å². The number of amides is 10. The van der Waals surface area contributed by atoms with E-state index in [4.69, 9.17) is 49.4 Å². The van der Waals surface area contributed by atoms with Gasteiger partial charge in [0.05, 0.1) is 40.5 Å². The van der Waals surface area contributed by atoms with Crippen molar-refractivity contribution in [1.82, 2.24) is 45.0 Å². The molecule has 130 heavy (non-hydrogen) atoms. The van der Waals surface area contributed by atoms with E-state index in [9.17, 15) is 47.9 Å². The number of hydrogen-bond acceptors (Lipinski definition) is 19. The van der Waals surface area contributed by atoms with E-state index in [1.54, 1.807) is 11.1 Å². The first-order chi connectivity index (χ1) is 60.4. The summed E-state index contributed by atoms with van der Waals surface area (Å²) in [5.74, 6) is 8.63. The molecular formula is C101H159N11O18. The Bertz CT molecular complexity index is 4100. The van der Waals surface area contributed by atoms with Gasteiger partial charge in [0.2, 0.25) is 11.8 Å². The Kier molecular flexibility index (Phi) is 27.9. The lowest BCUT2D eigenvalue weighted by Gasteiger charge is -2.58.